The summed E-state index contributed by atoms with van der Waals surface area (Å²) in [6.45, 7) is 11.1. The Morgan fingerprint density at radius 3 is 2.57 bits per heavy atom. The number of carbonyl (C=O) groups is 1. The molecule has 0 radical (unpaired) electrons. The van der Waals surface area contributed by atoms with E-state index in [-0.39, 0.29) is 5.91 Å². The van der Waals surface area contributed by atoms with E-state index in [4.69, 9.17) is 4.98 Å². The third-order valence-corrected chi connectivity index (χ3v) is 5.62. The molecule has 28 heavy (non-hydrogen) atoms. The van der Waals surface area contributed by atoms with E-state index < -0.39 is 0 Å². The Kier molecular flexibility index (Phi) is 5.31. The molecule has 3 heterocycles. The molecule has 0 aliphatic carbocycles. The molecule has 4 rings (SSSR count). The van der Waals surface area contributed by atoms with E-state index in [0.717, 1.165) is 62.2 Å². The van der Waals surface area contributed by atoms with Gasteiger partial charge in [-0.05, 0) is 25.0 Å². The first kappa shape index (κ1) is 18.9. The Morgan fingerprint density at radius 1 is 1.07 bits per heavy atom. The molecule has 6 heteroatoms. The molecule has 6 nitrogen and oxygen atoms in total. The maximum absolute atomic E-state index is 12.8. The molecule has 1 saturated heterocycles. The van der Waals surface area contributed by atoms with Gasteiger partial charge < -0.3 is 9.80 Å². The number of hydrogen-bond donors (Lipinski definition) is 0. The van der Waals surface area contributed by atoms with Crippen molar-refractivity contribution in [1.82, 2.24) is 14.9 Å². The van der Waals surface area contributed by atoms with Crippen LogP contribution in [0.2, 0.25) is 0 Å². The van der Waals surface area contributed by atoms with Gasteiger partial charge in [-0.1, -0.05) is 32.0 Å². The van der Waals surface area contributed by atoms with E-state index in [9.17, 15) is 4.79 Å². The van der Waals surface area contributed by atoms with E-state index in [2.05, 4.69) is 46.8 Å². The van der Waals surface area contributed by atoms with Crippen LogP contribution in [0.1, 0.15) is 36.8 Å². The second-order valence-corrected chi connectivity index (χ2v) is 8.07. The molecular weight excluding hydrogens is 350 g/mol. The zero-order chi connectivity index (χ0) is 19.7. The first-order valence-electron chi connectivity index (χ1n) is 10.2. The number of nitrogens with zero attached hydrogens (tertiary/aromatic N) is 5. The SMILES string of the molecule is Cc1cc(N2CCN(CC(=O)N3CCc4ccccc43)CC2)nc(C(C)C)n1. The lowest BCUT2D eigenvalue weighted by molar-refractivity contribution is -0.119. The van der Waals surface area contributed by atoms with Crippen LogP contribution in [-0.4, -0.2) is 60.0 Å². The topological polar surface area (TPSA) is 52.6 Å². The van der Waals surface area contributed by atoms with Crippen LogP contribution in [-0.2, 0) is 11.2 Å². The number of piperazine rings is 1. The fraction of sp³-hybridized carbons (Fsp3) is 0.500. The quantitative estimate of drug-likeness (QED) is 0.817. The summed E-state index contributed by atoms with van der Waals surface area (Å²) in [6, 6.07) is 10.3. The van der Waals surface area contributed by atoms with Crippen molar-refractivity contribution in [2.75, 3.05) is 49.1 Å². The Balaban J connectivity index is 1.36. The van der Waals surface area contributed by atoms with Crippen molar-refractivity contribution in [1.29, 1.82) is 0 Å². The van der Waals surface area contributed by atoms with Gasteiger partial charge in [-0.2, -0.15) is 0 Å². The van der Waals surface area contributed by atoms with Crippen LogP contribution in [0.3, 0.4) is 0 Å². The predicted molar refractivity (Wildman–Crippen MR) is 112 cm³/mol. The van der Waals surface area contributed by atoms with Gasteiger partial charge in [0.1, 0.15) is 11.6 Å². The Hall–Kier alpha value is -2.47. The second kappa shape index (κ2) is 7.87. The van der Waals surface area contributed by atoms with Crippen molar-refractivity contribution in [3.05, 3.63) is 47.4 Å². The minimum atomic E-state index is 0.207. The molecule has 0 atom stereocenters. The molecule has 1 amide bonds. The zero-order valence-corrected chi connectivity index (χ0v) is 17.1. The first-order valence-corrected chi connectivity index (χ1v) is 10.2. The summed E-state index contributed by atoms with van der Waals surface area (Å²) in [6.07, 6.45) is 0.959. The third-order valence-electron chi connectivity index (χ3n) is 5.62. The molecule has 148 valence electrons. The Labute approximate surface area is 167 Å². The second-order valence-electron chi connectivity index (χ2n) is 8.07. The monoisotopic (exact) mass is 379 g/mol. The molecular formula is C22H29N5O. The normalized spacial score (nSPS) is 17.3. The van der Waals surface area contributed by atoms with Gasteiger partial charge in [-0.15, -0.1) is 0 Å². The predicted octanol–water partition coefficient (Wildman–Crippen LogP) is 2.62. The van der Waals surface area contributed by atoms with Crippen LogP contribution in [0.4, 0.5) is 11.5 Å². The van der Waals surface area contributed by atoms with Gasteiger partial charge in [0.15, 0.2) is 0 Å². The van der Waals surface area contributed by atoms with Gasteiger partial charge in [-0.25, -0.2) is 9.97 Å². The number of aryl methyl sites for hydroxylation is 1. The maximum atomic E-state index is 12.8. The average Bonchev–Trinajstić information content (AvgIpc) is 3.12. The van der Waals surface area contributed by atoms with Crippen LogP contribution < -0.4 is 9.80 Å². The van der Waals surface area contributed by atoms with Crippen LogP contribution in [0.5, 0.6) is 0 Å². The molecule has 2 aromatic rings. The number of aromatic nitrogens is 2. The van der Waals surface area contributed by atoms with Crippen molar-refractivity contribution >= 4 is 17.4 Å². The van der Waals surface area contributed by atoms with Crippen molar-refractivity contribution in [3.8, 4) is 0 Å². The number of amides is 1. The summed E-state index contributed by atoms with van der Waals surface area (Å²) in [5.41, 5.74) is 3.38. The molecule has 1 aromatic heterocycles. The van der Waals surface area contributed by atoms with Crippen molar-refractivity contribution in [3.63, 3.8) is 0 Å². The lowest BCUT2D eigenvalue weighted by Gasteiger charge is -2.36. The molecule has 0 N–H and O–H groups in total. The molecule has 1 aromatic carbocycles. The van der Waals surface area contributed by atoms with Gasteiger partial charge in [0.25, 0.3) is 0 Å². The minimum Gasteiger partial charge on any atom is -0.354 e. The summed E-state index contributed by atoms with van der Waals surface area (Å²) in [5.74, 6) is 2.44. The molecule has 2 aliphatic heterocycles. The van der Waals surface area contributed by atoms with Crippen LogP contribution in [0, 0.1) is 6.92 Å². The number of carbonyl (C=O) groups excluding carboxylic acids is 1. The maximum Gasteiger partial charge on any atom is 0.241 e. The summed E-state index contributed by atoms with van der Waals surface area (Å²) < 4.78 is 0. The molecule has 0 spiro atoms. The van der Waals surface area contributed by atoms with Gasteiger partial charge in [0.2, 0.25) is 5.91 Å². The first-order chi connectivity index (χ1) is 13.5. The van der Waals surface area contributed by atoms with Crippen molar-refractivity contribution in [2.45, 2.75) is 33.1 Å². The summed E-state index contributed by atoms with van der Waals surface area (Å²) in [5, 5.41) is 0. The average molecular weight is 380 g/mol. The number of para-hydroxylation sites is 1. The smallest absolute Gasteiger partial charge is 0.241 e. The highest BCUT2D eigenvalue weighted by molar-refractivity contribution is 5.96. The number of anilines is 2. The van der Waals surface area contributed by atoms with Gasteiger partial charge in [0, 0.05) is 56.1 Å². The van der Waals surface area contributed by atoms with E-state index in [1.165, 1.54) is 5.56 Å². The lowest BCUT2D eigenvalue weighted by Crippen LogP contribution is -2.50. The van der Waals surface area contributed by atoms with Crippen molar-refractivity contribution < 1.29 is 4.79 Å². The fourth-order valence-electron chi connectivity index (χ4n) is 4.00. The minimum absolute atomic E-state index is 0.207. The Bertz CT molecular complexity index is 858. The van der Waals surface area contributed by atoms with Gasteiger partial charge >= 0.3 is 0 Å². The van der Waals surface area contributed by atoms with Crippen LogP contribution in [0.25, 0.3) is 0 Å². The molecule has 0 saturated carbocycles. The van der Waals surface area contributed by atoms with Gasteiger partial charge in [-0.3, -0.25) is 9.69 Å². The molecule has 1 fully saturated rings. The van der Waals surface area contributed by atoms with Crippen molar-refractivity contribution in [2.24, 2.45) is 0 Å². The largest absolute Gasteiger partial charge is 0.354 e. The number of benzene rings is 1. The summed E-state index contributed by atoms with van der Waals surface area (Å²) in [4.78, 5) is 28.7. The highest BCUT2D eigenvalue weighted by Gasteiger charge is 2.27. The molecule has 0 bridgehead atoms. The number of fused-ring (bicyclic) bond motifs is 1. The zero-order valence-electron chi connectivity index (χ0n) is 17.1. The van der Waals surface area contributed by atoms with E-state index in [0.29, 0.717) is 12.5 Å². The standard InChI is InChI=1S/C22H29N5O/c1-16(2)22-23-17(3)14-20(24-22)26-12-10-25(11-13-26)15-21(28)27-9-8-18-6-4-5-7-19(18)27/h4-7,14,16H,8-13,15H2,1-3H3. The summed E-state index contributed by atoms with van der Waals surface area (Å²) in [7, 11) is 0. The van der Waals surface area contributed by atoms with E-state index in [1.807, 2.05) is 24.0 Å². The van der Waals surface area contributed by atoms with E-state index >= 15 is 0 Å². The highest BCUT2D eigenvalue weighted by atomic mass is 16.2. The summed E-state index contributed by atoms with van der Waals surface area (Å²) >= 11 is 0. The third kappa shape index (κ3) is 3.87. The number of hydrogen-bond acceptors (Lipinski definition) is 5. The Morgan fingerprint density at radius 2 is 1.82 bits per heavy atom. The van der Waals surface area contributed by atoms with Gasteiger partial charge in [0.05, 0.1) is 6.54 Å². The van der Waals surface area contributed by atoms with Crippen LogP contribution in [0.15, 0.2) is 30.3 Å². The molecule has 0 unspecified atom stereocenters. The number of rotatable bonds is 4. The van der Waals surface area contributed by atoms with Crippen LogP contribution >= 0.6 is 0 Å². The lowest BCUT2D eigenvalue weighted by atomic mass is 10.2. The van der Waals surface area contributed by atoms with E-state index in [1.54, 1.807) is 0 Å². The highest BCUT2D eigenvalue weighted by Crippen LogP contribution is 2.27. The fourth-order valence-corrected chi connectivity index (χ4v) is 4.00. The molecule has 2 aliphatic rings.